The molecule has 2 aromatic rings. The predicted molar refractivity (Wildman–Crippen MR) is 62.6 cm³/mol. The van der Waals surface area contributed by atoms with Gasteiger partial charge in [0.15, 0.2) is 5.76 Å². The van der Waals surface area contributed by atoms with E-state index in [2.05, 4.69) is 4.98 Å². The van der Waals surface area contributed by atoms with Gasteiger partial charge in [-0.05, 0) is 24.3 Å². The van der Waals surface area contributed by atoms with Crippen LogP contribution in [-0.4, -0.2) is 16.1 Å². The van der Waals surface area contributed by atoms with Crippen LogP contribution < -0.4 is 0 Å². The summed E-state index contributed by atoms with van der Waals surface area (Å²) in [6.07, 6.45) is 1.76. The quantitative estimate of drug-likeness (QED) is 0.878. The molecular formula is C13H13NO3. The first-order valence-electron chi connectivity index (χ1n) is 5.39. The number of carbonyl (C=O) groups is 1. The average Bonchev–Trinajstić information content (AvgIpc) is 2.78. The number of carboxylic acids is 1. The Hall–Kier alpha value is -2.10. The fraction of sp³-hybridized carbons (Fsp3) is 0.231. The van der Waals surface area contributed by atoms with Gasteiger partial charge in [0.25, 0.3) is 0 Å². The lowest BCUT2D eigenvalue weighted by Crippen LogP contribution is -2.01. The maximum absolute atomic E-state index is 10.6. The molecule has 0 aliphatic rings. The van der Waals surface area contributed by atoms with Gasteiger partial charge < -0.3 is 9.52 Å². The van der Waals surface area contributed by atoms with Crippen LogP contribution in [0.5, 0.6) is 0 Å². The summed E-state index contributed by atoms with van der Waals surface area (Å²) in [7, 11) is 0. The van der Waals surface area contributed by atoms with Crippen LogP contribution in [0.25, 0.3) is 11.5 Å². The highest BCUT2D eigenvalue weighted by Crippen LogP contribution is 2.26. The first-order valence-corrected chi connectivity index (χ1v) is 5.39. The van der Waals surface area contributed by atoms with Gasteiger partial charge >= 0.3 is 5.97 Å². The summed E-state index contributed by atoms with van der Waals surface area (Å²) in [6.45, 7) is 1.83. The summed E-state index contributed by atoms with van der Waals surface area (Å²) in [5.74, 6) is 0.379. The normalized spacial score (nSPS) is 12.3. The van der Waals surface area contributed by atoms with Crippen molar-refractivity contribution in [3.63, 3.8) is 0 Å². The zero-order chi connectivity index (χ0) is 12.3. The average molecular weight is 231 g/mol. The molecule has 0 aromatic carbocycles. The van der Waals surface area contributed by atoms with Crippen LogP contribution in [0.3, 0.4) is 0 Å². The van der Waals surface area contributed by atoms with Gasteiger partial charge in [0.1, 0.15) is 11.5 Å². The van der Waals surface area contributed by atoms with E-state index in [4.69, 9.17) is 9.52 Å². The highest BCUT2D eigenvalue weighted by Gasteiger charge is 2.14. The Morgan fingerprint density at radius 2 is 2.24 bits per heavy atom. The van der Waals surface area contributed by atoms with Gasteiger partial charge in [0, 0.05) is 12.1 Å². The van der Waals surface area contributed by atoms with E-state index >= 15 is 0 Å². The summed E-state index contributed by atoms with van der Waals surface area (Å²) >= 11 is 0. The molecule has 17 heavy (non-hydrogen) atoms. The Morgan fingerprint density at radius 3 is 2.88 bits per heavy atom. The number of carboxylic acid groups (broad SMARTS) is 1. The molecule has 0 saturated heterocycles. The highest BCUT2D eigenvalue weighted by atomic mass is 16.4. The second-order valence-corrected chi connectivity index (χ2v) is 3.92. The van der Waals surface area contributed by atoms with Crippen molar-refractivity contribution in [2.75, 3.05) is 0 Å². The summed E-state index contributed by atoms with van der Waals surface area (Å²) in [6, 6.07) is 9.18. The number of hydrogen-bond donors (Lipinski definition) is 1. The standard InChI is InChI=1S/C13H13NO3/c1-9(8-13(15)16)11-5-6-12(17-11)10-4-2-3-7-14-10/h2-7,9H,8H2,1H3,(H,15,16). The van der Waals surface area contributed by atoms with Gasteiger partial charge in [-0.1, -0.05) is 13.0 Å². The fourth-order valence-electron chi connectivity index (χ4n) is 1.63. The van der Waals surface area contributed by atoms with Crippen molar-refractivity contribution >= 4 is 5.97 Å². The van der Waals surface area contributed by atoms with Gasteiger partial charge in [-0.25, -0.2) is 0 Å². The SMILES string of the molecule is CC(CC(=O)O)c1ccc(-c2ccccn2)o1. The second-order valence-electron chi connectivity index (χ2n) is 3.92. The lowest BCUT2D eigenvalue weighted by Gasteiger charge is -2.04. The molecule has 0 spiro atoms. The molecule has 0 bridgehead atoms. The lowest BCUT2D eigenvalue weighted by molar-refractivity contribution is -0.137. The van der Waals surface area contributed by atoms with Crippen molar-refractivity contribution in [1.29, 1.82) is 0 Å². The molecule has 0 aliphatic heterocycles. The summed E-state index contributed by atoms with van der Waals surface area (Å²) in [4.78, 5) is 14.8. The van der Waals surface area contributed by atoms with Crippen LogP contribution >= 0.6 is 0 Å². The molecule has 0 saturated carbocycles. The third-order valence-corrected chi connectivity index (χ3v) is 2.51. The maximum atomic E-state index is 10.6. The molecule has 2 aromatic heterocycles. The molecule has 4 heteroatoms. The molecule has 4 nitrogen and oxygen atoms in total. The van der Waals surface area contributed by atoms with Crippen LogP contribution in [0.1, 0.15) is 25.0 Å². The summed E-state index contributed by atoms with van der Waals surface area (Å²) in [5.41, 5.74) is 0.751. The topological polar surface area (TPSA) is 63.3 Å². The number of aliphatic carboxylic acids is 1. The van der Waals surface area contributed by atoms with Crippen molar-refractivity contribution < 1.29 is 14.3 Å². The number of pyridine rings is 1. The van der Waals surface area contributed by atoms with Crippen LogP contribution in [0, 0.1) is 0 Å². The van der Waals surface area contributed by atoms with Crippen LogP contribution in [0.15, 0.2) is 40.9 Å². The molecule has 2 rings (SSSR count). The third-order valence-electron chi connectivity index (χ3n) is 2.51. The smallest absolute Gasteiger partial charge is 0.304 e. The van der Waals surface area contributed by atoms with Gasteiger partial charge in [-0.15, -0.1) is 0 Å². The minimum atomic E-state index is -0.826. The Balaban J connectivity index is 2.19. The summed E-state index contributed by atoms with van der Waals surface area (Å²) in [5, 5.41) is 8.72. The molecule has 0 radical (unpaired) electrons. The van der Waals surface area contributed by atoms with Crippen LogP contribution in [0.2, 0.25) is 0 Å². The zero-order valence-corrected chi connectivity index (χ0v) is 9.46. The van der Waals surface area contributed by atoms with Gasteiger partial charge in [0.2, 0.25) is 0 Å². The first kappa shape index (κ1) is 11.4. The Morgan fingerprint density at radius 1 is 1.41 bits per heavy atom. The molecule has 1 unspecified atom stereocenters. The van der Waals surface area contributed by atoms with Crippen molar-refractivity contribution in [3.8, 4) is 11.5 Å². The van der Waals surface area contributed by atoms with E-state index < -0.39 is 5.97 Å². The van der Waals surface area contributed by atoms with Crippen molar-refractivity contribution in [2.24, 2.45) is 0 Å². The van der Waals surface area contributed by atoms with Crippen molar-refractivity contribution in [3.05, 3.63) is 42.3 Å². The largest absolute Gasteiger partial charge is 0.481 e. The Kier molecular flexibility index (Phi) is 3.23. The first-order chi connectivity index (χ1) is 8.16. The van der Waals surface area contributed by atoms with Gasteiger partial charge in [-0.3, -0.25) is 9.78 Å². The monoisotopic (exact) mass is 231 g/mol. The number of furan rings is 1. The Bertz CT molecular complexity index is 504. The zero-order valence-electron chi connectivity index (χ0n) is 9.46. The molecule has 0 amide bonds. The Labute approximate surface area is 98.9 Å². The molecule has 2 heterocycles. The highest BCUT2D eigenvalue weighted by molar-refractivity contribution is 5.67. The van der Waals surface area contributed by atoms with E-state index in [1.807, 2.05) is 31.2 Å². The van der Waals surface area contributed by atoms with Gasteiger partial charge in [0.05, 0.1) is 6.42 Å². The van der Waals surface area contributed by atoms with E-state index in [9.17, 15) is 4.79 Å². The van der Waals surface area contributed by atoms with E-state index in [1.54, 1.807) is 12.3 Å². The lowest BCUT2D eigenvalue weighted by atomic mass is 10.1. The predicted octanol–water partition coefficient (Wildman–Crippen LogP) is 2.92. The summed E-state index contributed by atoms with van der Waals surface area (Å²) < 4.78 is 5.61. The van der Waals surface area contributed by atoms with Crippen molar-refractivity contribution in [1.82, 2.24) is 4.98 Å². The van der Waals surface area contributed by atoms with Crippen LogP contribution in [-0.2, 0) is 4.79 Å². The number of nitrogens with zero attached hydrogens (tertiary/aromatic N) is 1. The van der Waals surface area contributed by atoms with Crippen molar-refractivity contribution in [2.45, 2.75) is 19.3 Å². The maximum Gasteiger partial charge on any atom is 0.304 e. The molecule has 0 aliphatic carbocycles. The molecule has 1 atom stereocenters. The minimum Gasteiger partial charge on any atom is -0.481 e. The third kappa shape index (κ3) is 2.72. The van der Waals surface area contributed by atoms with Gasteiger partial charge in [-0.2, -0.15) is 0 Å². The van der Waals surface area contributed by atoms with E-state index in [-0.39, 0.29) is 12.3 Å². The van der Waals surface area contributed by atoms with Crippen LogP contribution in [0.4, 0.5) is 0 Å². The fourth-order valence-corrected chi connectivity index (χ4v) is 1.63. The molecule has 88 valence electrons. The van der Waals surface area contributed by atoms with E-state index in [1.165, 1.54) is 0 Å². The minimum absolute atomic E-state index is 0.0647. The number of aromatic nitrogens is 1. The number of hydrogen-bond acceptors (Lipinski definition) is 3. The molecule has 0 fully saturated rings. The number of rotatable bonds is 4. The second kappa shape index (κ2) is 4.82. The molecule has 1 N–H and O–H groups in total. The van der Waals surface area contributed by atoms with E-state index in [0.717, 1.165) is 5.69 Å². The van der Waals surface area contributed by atoms with E-state index in [0.29, 0.717) is 11.5 Å². The molecular weight excluding hydrogens is 218 g/mol.